The molecule has 0 aliphatic carbocycles. The van der Waals surface area contributed by atoms with Gasteiger partial charge in [0.2, 0.25) is 0 Å². The van der Waals surface area contributed by atoms with E-state index in [0.717, 1.165) is 27.6 Å². The number of carbonyl (C=O) groups excluding carboxylic acids is 1. The maximum Gasteiger partial charge on any atom is 0.254 e. The van der Waals surface area contributed by atoms with Gasteiger partial charge in [-0.05, 0) is 50.6 Å². The van der Waals surface area contributed by atoms with Crippen LogP contribution in [0.15, 0.2) is 61.1 Å². The van der Waals surface area contributed by atoms with E-state index in [2.05, 4.69) is 34.2 Å². The summed E-state index contributed by atoms with van der Waals surface area (Å²) in [6.07, 6.45) is 5.85. The molecule has 7 nitrogen and oxygen atoms in total. The second-order valence-corrected chi connectivity index (χ2v) is 8.09. The van der Waals surface area contributed by atoms with Gasteiger partial charge in [-0.1, -0.05) is 29.8 Å². The Morgan fingerprint density at radius 2 is 2.03 bits per heavy atom. The number of hydrogen-bond acceptors (Lipinski definition) is 5. The first-order valence-electron chi connectivity index (χ1n) is 11.1. The summed E-state index contributed by atoms with van der Waals surface area (Å²) in [6.45, 7) is 4.94. The fraction of sp³-hybridized carbons (Fsp3) is 0.269. The summed E-state index contributed by atoms with van der Waals surface area (Å²) in [4.78, 5) is 19.6. The van der Waals surface area contributed by atoms with Gasteiger partial charge in [-0.15, -0.1) is 0 Å². The van der Waals surface area contributed by atoms with Crippen LogP contribution in [0.5, 0.6) is 5.75 Å². The molecule has 33 heavy (non-hydrogen) atoms. The average Bonchev–Trinajstić information content (AvgIpc) is 3.31. The zero-order valence-electron chi connectivity index (χ0n) is 19.2. The fourth-order valence-corrected chi connectivity index (χ4v) is 4.18. The van der Waals surface area contributed by atoms with Gasteiger partial charge in [0, 0.05) is 41.5 Å². The van der Waals surface area contributed by atoms with Crippen LogP contribution in [0.1, 0.15) is 40.9 Å². The van der Waals surface area contributed by atoms with E-state index in [9.17, 15) is 4.79 Å². The highest BCUT2D eigenvalue weighted by Gasteiger charge is 2.25. The van der Waals surface area contributed by atoms with Crippen LogP contribution in [0.3, 0.4) is 0 Å². The lowest BCUT2D eigenvalue weighted by molar-refractivity contribution is 0.0724. The Kier molecular flexibility index (Phi) is 6.70. The zero-order valence-corrected chi connectivity index (χ0v) is 19.2. The smallest absolute Gasteiger partial charge is 0.254 e. The lowest BCUT2D eigenvalue weighted by Crippen LogP contribution is -2.33. The number of aromatic nitrogens is 3. The second kappa shape index (κ2) is 9.83. The molecular formula is C26H29N5O2. The number of fused-ring (bicyclic) bond motifs is 1. The summed E-state index contributed by atoms with van der Waals surface area (Å²) < 4.78 is 5.93. The van der Waals surface area contributed by atoms with Crippen LogP contribution in [0, 0.1) is 6.92 Å². The standard InChI is InChI=1S/C26H29N5O2/c1-4-33-24-13-19(8-9-21(24)18-7-5-6-17(2)12-18)26(32)31(3)23(10-11-27)22-16-28-14-20-15-29-30-25(20)22/h5-9,12-16,23H,4,10-11,27H2,1-3H3,(H,29,30)/t23-/m1/s1. The number of benzene rings is 2. The largest absolute Gasteiger partial charge is 0.493 e. The van der Waals surface area contributed by atoms with Gasteiger partial charge in [-0.25, -0.2) is 0 Å². The van der Waals surface area contributed by atoms with Gasteiger partial charge >= 0.3 is 0 Å². The topological polar surface area (TPSA) is 97.1 Å². The SMILES string of the molecule is CCOc1cc(C(=O)N(C)[C@H](CCN)c2cncc3cn[nH]c23)ccc1-c1cccc(C)c1. The number of pyridine rings is 1. The number of H-pyrrole nitrogens is 1. The van der Waals surface area contributed by atoms with Crippen molar-refractivity contribution < 1.29 is 9.53 Å². The number of rotatable bonds is 8. The number of amides is 1. The number of carbonyl (C=O) groups is 1. The highest BCUT2D eigenvalue weighted by Crippen LogP contribution is 2.34. The molecule has 0 aliphatic rings. The Labute approximate surface area is 193 Å². The number of nitrogens with zero attached hydrogens (tertiary/aromatic N) is 3. The molecule has 0 saturated carbocycles. The first-order chi connectivity index (χ1) is 16.0. The van der Waals surface area contributed by atoms with Crippen molar-refractivity contribution in [1.29, 1.82) is 0 Å². The van der Waals surface area contributed by atoms with Crippen LogP contribution in [0.2, 0.25) is 0 Å². The van der Waals surface area contributed by atoms with E-state index in [1.54, 1.807) is 30.5 Å². The Morgan fingerprint density at radius 3 is 2.79 bits per heavy atom. The molecule has 7 heteroatoms. The van der Waals surface area contributed by atoms with Crippen LogP contribution in [0.25, 0.3) is 22.0 Å². The molecule has 2 aromatic carbocycles. The second-order valence-electron chi connectivity index (χ2n) is 8.09. The van der Waals surface area contributed by atoms with Crippen LogP contribution in [0.4, 0.5) is 0 Å². The molecule has 1 amide bonds. The third kappa shape index (κ3) is 4.59. The quantitative estimate of drug-likeness (QED) is 0.418. The van der Waals surface area contributed by atoms with Crippen molar-refractivity contribution in [2.45, 2.75) is 26.3 Å². The van der Waals surface area contributed by atoms with Gasteiger partial charge in [-0.2, -0.15) is 5.10 Å². The highest BCUT2D eigenvalue weighted by molar-refractivity contribution is 5.96. The molecule has 0 spiro atoms. The van der Waals surface area contributed by atoms with E-state index in [-0.39, 0.29) is 11.9 Å². The van der Waals surface area contributed by atoms with Crippen molar-refractivity contribution in [3.8, 4) is 16.9 Å². The number of nitrogens with one attached hydrogen (secondary N) is 1. The summed E-state index contributed by atoms with van der Waals surface area (Å²) in [5, 5.41) is 8.05. The molecular weight excluding hydrogens is 414 g/mol. The monoisotopic (exact) mass is 443 g/mol. The van der Waals surface area contributed by atoms with Crippen LogP contribution in [-0.2, 0) is 0 Å². The Hall–Kier alpha value is -3.71. The van der Waals surface area contributed by atoms with Crippen LogP contribution >= 0.6 is 0 Å². The number of ether oxygens (including phenoxy) is 1. The van der Waals surface area contributed by atoms with Crippen molar-refractivity contribution in [2.24, 2.45) is 5.73 Å². The van der Waals surface area contributed by atoms with Crippen molar-refractivity contribution in [3.63, 3.8) is 0 Å². The summed E-state index contributed by atoms with van der Waals surface area (Å²) >= 11 is 0. The molecule has 2 heterocycles. The van der Waals surface area contributed by atoms with Crippen molar-refractivity contribution in [1.82, 2.24) is 20.1 Å². The summed E-state index contributed by atoms with van der Waals surface area (Å²) in [5.74, 6) is 0.580. The highest BCUT2D eigenvalue weighted by atomic mass is 16.5. The molecule has 0 radical (unpaired) electrons. The molecule has 2 aromatic heterocycles. The lowest BCUT2D eigenvalue weighted by atomic mass is 9.99. The van der Waals surface area contributed by atoms with Crippen molar-refractivity contribution in [3.05, 3.63) is 77.7 Å². The maximum absolute atomic E-state index is 13.6. The minimum Gasteiger partial charge on any atom is -0.493 e. The van der Waals surface area contributed by atoms with Crippen LogP contribution < -0.4 is 10.5 Å². The minimum atomic E-state index is -0.244. The van der Waals surface area contributed by atoms with E-state index in [1.807, 2.05) is 37.3 Å². The van der Waals surface area contributed by atoms with Gasteiger partial charge in [0.1, 0.15) is 5.75 Å². The van der Waals surface area contributed by atoms with E-state index in [0.29, 0.717) is 30.9 Å². The molecule has 4 rings (SSSR count). The average molecular weight is 444 g/mol. The summed E-state index contributed by atoms with van der Waals surface area (Å²) in [6, 6.07) is 13.6. The fourth-order valence-electron chi connectivity index (χ4n) is 4.18. The first kappa shape index (κ1) is 22.5. The first-order valence-corrected chi connectivity index (χ1v) is 11.1. The number of aryl methyl sites for hydroxylation is 1. The molecule has 3 N–H and O–H groups in total. The number of nitrogens with two attached hydrogens (primary N) is 1. The van der Waals surface area contributed by atoms with E-state index in [1.165, 1.54) is 5.56 Å². The number of aromatic amines is 1. The molecule has 170 valence electrons. The molecule has 0 aliphatic heterocycles. The molecule has 0 unspecified atom stereocenters. The molecule has 0 bridgehead atoms. The Balaban J connectivity index is 1.69. The van der Waals surface area contributed by atoms with Gasteiger partial charge in [0.25, 0.3) is 5.91 Å². The molecule has 4 aromatic rings. The Morgan fingerprint density at radius 1 is 1.18 bits per heavy atom. The molecule has 1 atom stereocenters. The van der Waals surface area contributed by atoms with Gasteiger partial charge in [-0.3, -0.25) is 14.9 Å². The third-order valence-corrected chi connectivity index (χ3v) is 5.83. The summed E-state index contributed by atoms with van der Waals surface area (Å²) in [5.41, 5.74) is 11.4. The van der Waals surface area contributed by atoms with Crippen molar-refractivity contribution >= 4 is 16.8 Å². The minimum absolute atomic E-state index is 0.110. The normalized spacial score (nSPS) is 12.0. The van der Waals surface area contributed by atoms with Crippen molar-refractivity contribution in [2.75, 3.05) is 20.2 Å². The Bertz CT molecular complexity index is 1270. The zero-order chi connectivity index (χ0) is 23.4. The maximum atomic E-state index is 13.6. The summed E-state index contributed by atoms with van der Waals surface area (Å²) in [7, 11) is 1.80. The van der Waals surface area contributed by atoms with Gasteiger partial charge in [0.05, 0.1) is 24.4 Å². The third-order valence-electron chi connectivity index (χ3n) is 5.83. The molecule has 0 fully saturated rings. The predicted molar refractivity (Wildman–Crippen MR) is 130 cm³/mol. The molecule has 0 saturated heterocycles. The van der Waals surface area contributed by atoms with Gasteiger partial charge < -0.3 is 15.4 Å². The van der Waals surface area contributed by atoms with Gasteiger partial charge in [0.15, 0.2) is 0 Å². The van der Waals surface area contributed by atoms with E-state index >= 15 is 0 Å². The lowest BCUT2D eigenvalue weighted by Gasteiger charge is -2.29. The number of hydrogen-bond donors (Lipinski definition) is 2. The van der Waals surface area contributed by atoms with E-state index < -0.39 is 0 Å². The van der Waals surface area contributed by atoms with Crippen LogP contribution in [-0.4, -0.2) is 46.2 Å². The predicted octanol–water partition coefficient (Wildman–Crippen LogP) is 4.49. The van der Waals surface area contributed by atoms with E-state index in [4.69, 9.17) is 10.5 Å².